The van der Waals surface area contributed by atoms with Crippen LogP contribution in [0.3, 0.4) is 0 Å². The Labute approximate surface area is 192 Å². The minimum absolute atomic E-state index is 0.0980. The van der Waals surface area contributed by atoms with Crippen molar-refractivity contribution in [2.75, 3.05) is 10.8 Å². The van der Waals surface area contributed by atoms with E-state index in [1.165, 1.54) is 24.3 Å². The van der Waals surface area contributed by atoms with Gasteiger partial charge < -0.3 is 5.32 Å². The van der Waals surface area contributed by atoms with Gasteiger partial charge in [-0.1, -0.05) is 48.5 Å². The summed E-state index contributed by atoms with van der Waals surface area (Å²) in [6, 6.07) is 18.8. The zero-order chi connectivity index (χ0) is 23.4. The van der Waals surface area contributed by atoms with Gasteiger partial charge in [-0.3, -0.25) is 9.10 Å². The van der Waals surface area contributed by atoms with Crippen LogP contribution in [0.4, 0.5) is 18.9 Å². The van der Waals surface area contributed by atoms with Gasteiger partial charge in [-0.25, -0.2) is 8.42 Å². The molecule has 0 saturated heterocycles. The number of rotatable bonds is 7. The van der Waals surface area contributed by atoms with Gasteiger partial charge in [0, 0.05) is 11.0 Å². The average molecular weight is 527 g/mol. The molecule has 3 aromatic rings. The molecule has 0 aromatic heterocycles. The molecule has 0 atom stereocenters. The average Bonchev–Trinajstić information content (AvgIpc) is 2.77. The number of hydrogen-bond acceptors (Lipinski definition) is 3. The lowest BCUT2D eigenvalue weighted by Crippen LogP contribution is -2.41. The monoisotopic (exact) mass is 526 g/mol. The smallest absolute Gasteiger partial charge is 0.350 e. The molecule has 0 aliphatic heterocycles. The van der Waals surface area contributed by atoms with Gasteiger partial charge in [0.15, 0.2) is 0 Å². The summed E-state index contributed by atoms with van der Waals surface area (Å²) in [4.78, 5) is 12.5. The van der Waals surface area contributed by atoms with Gasteiger partial charge in [0.2, 0.25) is 5.91 Å². The molecule has 168 valence electrons. The standard InChI is InChI=1S/C22H18BrF3N2O3S/c23-19-12-11-17(22(24,25)26)13-20(19)28(32(30,31)18-9-5-2-6-10-18)15-21(29)27-14-16-7-3-1-4-8-16/h1-13H,14-15H2,(H,27,29). The first-order chi connectivity index (χ1) is 15.1. The van der Waals surface area contributed by atoms with Gasteiger partial charge in [-0.2, -0.15) is 13.2 Å². The van der Waals surface area contributed by atoms with E-state index in [1.807, 2.05) is 6.07 Å². The van der Waals surface area contributed by atoms with Crippen molar-refractivity contribution in [1.82, 2.24) is 5.32 Å². The number of nitrogens with zero attached hydrogens (tertiary/aromatic N) is 1. The highest BCUT2D eigenvalue weighted by atomic mass is 79.9. The van der Waals surface area contributed by atoms with E-state index in [1.54, 1.807) is 30.3 Å². The second-order valence-corrected chi connectivity index (χ2v) is 9.47. The van der Waals surface area contributed by atoms with E-state index >= 15 is 0 Å². The van der Waals surface area contributed by atoms with E-state index in [2.05, 4.69) is 21.2 Å². The summed E-state index contributed by atoms with van der Waals surface area (Å²) >= 11 is 3.12. The fourth-order valence-corrected chi connectivity index (χ4v) is 4.91. The van der Waals surface area contributed by atoms with Crippen molar-refractivity contribution >= 4 is 37.5 Å². The van der Waals surface area contributed by atoms with Crippen LogP contribution in [0.2, 0.25) is 0 Å². The zero-order valence-corrected chi connectivity index (χ0v) is 18.9. The largest absolute Gasteiger partial charge is 0.416 e. The summed E-state index contributed by atoms with van der Waals surface area (Å²) in [5.41, 5.74) is -0.536. The predicted octanol–water partition coefficient (Wildman–Crippen LogP) is 4.98. The van der Waals surface area contributed by atoms with Crippen LogP contribution in [0.25, 0.3) is 0 Å². The van der Waals surface area contributed by atoms with Crippen molar-refractivity contribution in [1.29, 1.82) is 0 Å². The predicted molar refractivity (Wildman–Crippen MR) is 118 cm³/mol. The maximum Gasteiger partial charge on any atom is 0.416 e. The van der Waals surface area contributed by atoms with Gasteiger partial charge in [-0.05, 0) is 51.8 Å². The number of alkyl halides is 3. The van der Waals surface area contributed by atoms with Crippen LogP contribution < -0.4 is 9.62 Å². The first-order valence-corrected chi connectivity index (χ1v) is 11.6. The quantitative estimate of drug-likeness (QED) is 0.472. The highest BCUT2D eigenvalue weighted by Gasteiger charge is 2.34. The Morgan fingerprint density at radius 2 is 1.53 bits per heavy atom. The van der Waals surface area contributed by atoms with E-state index in [4.69, 9.17) is 0 Å². The normalized spacial score (nSPS) is 11.8. The molecule has 0 heterocycles. The molecule has 5 nitrogen and oxygen atoms in total. The van der Waals surface area contributed by atoms with Crippen molar-refractivity contribution in [2.45, 2.75) is 17.6 Å². The number of anilines is 1. The van der Waals surface area contributed by atoms with E-state index in [0.29, 0.717) is 10.4 Å². The summed E-state index contributed by atoms with van der Waals surface area (Å²) in [6.07, 6.45) is -4.69. The highest BCUT2D eigenvalue weighted by Crippen LogP contribution is 2.37. The Balaban J connectivity index is 1.98. The van der Waals surface area contributed by atoms with Crippen molar-refractivity contribution in [3.8, 4) is 0 Å². The maximum atomic E-state index is 13.3. The van der Waals surface area contributed by atoms with Crippen LogP contribution in [-0.4, -0.2) is 20.9 Å². The molecule has 1 amide bonds. The number of amides is 1. The molecule has 0 aliphatic carbocycles. The number of sulfonamides is 1. The van der Waals surface area contributed by atoms with Crippen LogP contribution in [-0.2, 0) is 27.5 Å². The first kappa shape index (κ1) is 23.8. The second-order valence-electron chi connectivity index (χ2n) is 6.75. The van der Waals surface area contributed by atoms with Gasteiger partial charge in [0.25, 0.3) is 10.0 Å². The Hall–Kier alpha value is -2.85. The molecular formula is C22H18BrF3N2O3S. The minimum atomic E-state index is -4.69. The van der Waals surface area contributed by atoms with Gasteiger partial charge in [0.1, 0.15) is 6.54 Å². The minimum Gasteiger partial charge on any atom is -0.350 e. The SMILES string of the molecule is O=C(CN(c1cc(C(F)(F)F)ccc1Br)S(=O)(=O)c1ccccc1)NCc1ccccc1. The summed E-state index contributed by atoms with van der Waals surface area (Å²) in [5, 5.41) is 2.60. The molecule has 0 fully saturated rings. The van der Waals surface area contributed by atoms with Crippen LogP contribution in [0.1, 0.15) is 11.1 Å². The Kier molecular flexibility index (Phi) is 7.25. The summed E-state index contributed by atoms with van der Waals surface area (Å²) in [6.45, 7) is -0.563. The van der Waals surface area contributed by atoms with E-state index in [0.717, 1.165) is 17.7 Å². The fourth-order valence-electron chi connectivity index (χ4n) is 2.88. The molecule has 0 aliphatic rings. The van der Waals surface area contributed by atoms with E-state index in [9.17, 15) is 26.4 Å². The third kappa shape index (κ3) is 5.68. The number of nitrogens with one attached hydrogen (secondary N) is 1. The van der Waals surface area contributed by atoms with Crippen LogP contribution >= 0.6 is 15.9 Å². The molecule has 3 rings (SSSR count). The molecule has 0 unspecified atom stereocenters. The lowest BCUT2D eigenvalue weighted by Gasteiger charge is -2.26. The Morgan fingerprint density at radius 3 is 2.12 bits per heavy atom. The molecule has 0 bridgehead atoms. The molecule has 0 spiro atoms. The maximum absolute atomic E-state index is 13.3. The second kappa shape index (κ2) is 9.74. The lowest BCUT2D eigenvalue weighted by molar-refractivity contribution is -0.137. The fraction of sp³-hybridized carbons (Fsp3) is 0.136. The lowest BCUT2D eigenvalue weighted by atomic mass is 10.2. The number of benzene rings is 3. The van der Waals surface area contributed by atoms with Gasteiger partial charge >= 0.3 is 6.18 Å². The molecule has 0 saturated carbocycles. The van der Waals surface area contributed by atoms with Crippen molar-refractivity contribution in [3.05, 3.63) is 94.5 Å². The van der Waals surface area contributed by atoms with E-state index in [-0.39, 0.29) is 21.6 Å². The summed E-state index contributed by atoms with van der Waals surface area (Å²) in [5.74, 6) is -0.669. The molecule has 0 radical (unpaired) electrons. The van der Waals surface area contributed by atoms with Gasteiger partial charge in [-0.15, -0.1) is 0 Å². The van der Waals surface area contributed by atoms with Crippen molar-refractivity contribution in [3.63, 3.8) is 0 Å². The number of hydrogen-bond donors (Lipinski definition) is 1. The first-order valence-electron chi connectivity index (χ1n) is 9.34. The molecule has 32 heavy (non-hydrogen) atoms. The van der Waals surface area contributed by atoms with Crippen molar-refractivity contribution < 1.29 is 26.4 Å². The molecule has 1 N–H and O–H groups in total. The summed E-state index contributed by atoms with van der Waals surface area (Å²) in [7, 11) is -4.34. The Morgan fingerprint density at radius 1 is 0.938 bits per heavy atom. The highest BCUT2D eigenvalue weighted by molar-refractivity contribution is 9.10. The zero-order valence-electron chi connectivity index (χ0n) is 16.5. The third-order valence-electron chi connectivity index (χ3n) is 4.49. The van der Waals surface area contributed by atoms with Crippen LogP contribution in [0.15, 0.2) is 88.2 Å². The number of carbonyl (C=O) groups excluding carboxylic acids is 1. The topological polar surface area (TPSA) is 66.5 Å². The molecular weight excluding hydrogens is 509 g/mol. The van der Waals surface area contributed by atoms with Gasteiger partial charge in [0.05, 0.1) is 16.1 Å². The third-order valence-corrected chi connectivity index (χ3v) is 6.94. The Bertz CT molecular complexity index is 1190. The van der Waals surface area contributed by atoms with E-state index < -0.39 is 34.2 Å². The summed E-state index contributed by atoms with van der Waals surface area (Å²) < 4.78 is 67.2. The molecule has 10 heteroatoms. The van der Waals surface area contributed by atoms with Crippen LogP contribution in [0, 0.1) is 0 Å². The molecule has 3 aromatic carbocycles. The van der Waals surface area contributed by atoms with Crippen LogP contribution in [0.5, 0.6) is 0 Å². The number of halogens is 4. The van der Waals surface area contributed by atoms with Crippen molar-refractivity contribution in [2.24, 2.45) is 0 Å². The number of carbonyl (C=O) groups is 1.